The SMILES string of the molecule is Cc1ccnc(C)c1-c1cnc2[nH]cc(-c3ccc4nn(C)cc4c3)c2c1. The van der Waals surface area contributed by atoms with Crippen molar-refractivity contribution in [2.45, 2.75) is 13.8 Å². The van der Waals surface area contributed by atoms with Crippen molar-refractivity contribution in [2.75, 3.05) is 0 Å². The lowest BCUT2D eigenvalue weighted by Gasteiger charge is -2.09. The van der Waals surface area contributed by atoms with Crippen LogP contribution in [0.15, 0.2) is 55.1 Å². The summed E-state index contributed by atoms with van der Waals surface area (Å²) in [5.41, 5.74) is 8.66. The molecule has 5 heteroatoms. The van der Waals surface area contributed by atoms with Crippen LogP contribution in [-0.4, -0.2) is 24.7 Å². The fourth-order valence-electron chi connectivity index (χ4n) is 3.83. The second-order valence-corrected chi connectivity index (χ2v) is 6.99. The third-order valence-corrected chi connectivity index (χ3v) is 5.10. The van der Waals surface area contributed by atoms with Gasteiger partial charge in [0.2, 0.25) is 0 Å². The summed E-state index contributed by atoms with van der Waals surface area (Å²) >= 11 is 0. The summed E-state index contributed by atoms with van der Waals surface area (Å²) in [5, 5.41) is 6.70. The van der Waals surface area contributed by atoms with E-state index in [1.165, 1.54) is 5.56 Å². The van der Waals surface area contributed by atoms with Crippen LogP contribution < -0.4 is 0 Å². The monoisotopic (exact) mass is 353 g/mol. The third kappa shape index (κ3) is 2.51. The van der Waals surface area contributed by atoms with E-state index in [4.69, 9.17) is 0 Å². The Morgan fingerprint density at radius 2 is 1.89 bits per heavy atom. The molecule has 0 aliphatic carbocycles. The summed E-state index contributed by atoms with van der Waals surface area (Å²) in [6, 6.07) is 10.6. The Labute approximate surface area is 156 Å². The summed E-state index contributed by atoms with van der Waals surface area (Å²) in [6.45, 7) is 4.16. The van der Waals surface area contributed by atoms with Gasteiger partial charge >= 0.3 is 0 Å². The van der Waals surface area contributed by atoms with E-state index in [1.807, 2.05) is 49.5 Å². The Bertz CT molecular complexity index is 1290. The second kappa shape index (κ2) is 5.77. The van der Waals surface area contributed by atoms with Gasteiger partial charge in [-0.15, -0.1) is 0 Å². The van der Waals surface area contributed by atoms with Crippen molar-refractivity contribution in [3.8, 4) is 22.3 Å². The molecule has 0 atom stereocenters. The summed E-state index contributed by atoms with van der Waals surface area (Å²) in [5.74, 6) is 0. The lowest BCUT2D eigenvalue weighted by atomic mass is 9.98. The Balaban J connectivity index is 1.71. The molecule has 0 unspecified atom stereocenters. The van der Waals surface area contributed by atoms with Crippen LogP contribution in [0.3, 0.4) is 0 Å². The normalized spacial score (nSPS) is 11.5. The Kier molecular flexibility index (Phi) is 3.37. The number of hydrogen-bond donors (Lipinski definition) is 1. The van der Waals surface area contributed by atoms with E-state index in [0.29, 0.717) is 0 Å². The number of aromatic amines is 1. The quantitative estimate of drug-likeness (QED) is 0.496. The second-order valence-electron chi connectivity index (χ2n) is 6.99. The van der Waals surface area contributed by atoms with E-state index in [-0.39, 0.29) is 0 Å². The zero-order valence-corrected chi connectivity index (χ0v) is 15.5. The van der Waals surface area contributed by atoms with Gasteiger partial charge in [-0.25, -0.2) is 4.98 Å². The van der Waals surface area contributed by atoms with Crippen LogP contribution in [-0.2, 0) is 7.05 Å². The van der Waals surface area contributed by atoms with Crippen molar-refractivity contribution in [1.82, 2.24) is 24.7 Å². The molecule has 0 saturated heterocycles. The molecular formula is C22H19N5. The molecule has 0 spiro atoms. The zero-order chi connectivity index (χ0) is 18.5. The molecule has 4 aromatic heterocycles. The highest BCUT2D eigenvalue weighted by Gasteiger charge is 2.13. The molecule has 1 N–H and O–H groups in total. The molecule has 5 aromatic rings. The zero-order valence-electron chi connectivity index (χ0n) is 15.5. The summed E-state index contributed by atoms with van der Waals surface area (Å²) in [6.07, 6.45) is 7.84. The van der Waals surface area contributed by atoms with E-state index in [0.717, 1.165) is 49.9 Å². The fraction of sp³-hybridized carbons (Fsp3) is 0.136. The van der Waals surface area contributed by atoms with Crippen molar-refractivity contribution in [3.63, 3.8) is 0 Å². The highest BCUT2D eigenvalue weighted by atomic mass is 15.2. The number of aryl methyl sites for hydroxylation is 3. The number of nitrogens with zero attached hydrogens (tertiary/aromatic N) is 4. The molecule has 0 fully saturated rings. The van der Waals surface area contributed by atoms with Gasteiger partial charge in [-0.05, 0) is 49.2 Å². The Morgan fingerprint density at radius 3 is 2.74 bits per heavy atom. The average Bonchev–Trinajstić information content (AvgIpc) is 3.22. The fourth-order valence-corrected chi connectivity index (χ4v) is 3.83. The van der Waals surface area contributed by atoms with Gasteiger partial charge in [0.25, 0.3) is 0 Å². The molecule has 0 aliphatic rings. The van der Waals surface area contributed by atoms with Crippen molar-refractivity contribution in [2.24, 2.45) is 7.05 Å². The first-order valence-corrected chi connectivity index (χ1v) is 8.93. The molecule has 4 heterocycles. The molecule has 0 amide bonds. The Hall–Kier alpha value is -3.47. The molecule has 0 bridgehead atoms. The number of pyridine rings is 2. The lowest BCUT2D eigenvalue weighted by molar-refractivity contribution is 0.780. The molecule has 5 rings (SSSR count). The standard InChI is InChI=1S/C22H19N5/c1-13-6-7-23-14(2)21(13)16-9-18-19(11-25-22(18)24-10-16)15-4-5-20-17(8-15)12-27(3)26-20/h4-12H,1-3H3,(H,24,25). The summed E-state index contributed by atoms with van der Waals surface area (Å²) in [4.78, 5) is 12.4. The topological polar surface area (TPSA) is 59.4 Å². The van der Waals surface area contributed by atoms with E-state index in [2.05, 4.69) is 51.2 Å². The average molecular weight is 353 g/mol. The van der Waals surface area contributed by atoms with Gasteiger partial charge < -0.3 is 4.98 Å². The molecule has 0 saturated carbocycles. The van der Waals surface area contributed by atoms with E-state index in [9.17, 15) is 0 Å². The lowest BCUT2D eigenvalue weighted by Crippen LogP contribution is -1.92. The number of aromatic nitrogens is 5. The minimum absolute atomic E-state index is 0.888. The third-order valence-electron chi connectivity index (χ3n) is 5.10. The van der Waals surface area contributed by atoms with E-state index >= 15 is 0 Å². The number of hydrogen-bond acceptors (Lipinski definition) is 3. The van der Waals surface area contributed by atoms with Gasteiger partial charge in [-0.1, -0.05) is 6.07 Å². The Morgan fingerprint density at radius 1 is 1.00 bits per heavy atom. The van der Waals surface area contributed by atoms with E-state index in [1.54, 1.807) is 0 Å². The van der Waals surface area contributed by atoms with Gasteiger partial charge in [0.1, 0.15) is 5.65 Å². The van der Waals surface area contributed by atoms with Crippen molar-refractivity contribution < 1.29 is 0 Å². The molecule has 5 nitrogen and oxygen atoms in total. The first-order valence-electron chi connectivity index (χ1n) is 8.93. The van der Waals surface area contributed by atoms with Crippen LogP contribution in [0.1, 0.15) is 11.3 Å². The predicted molar refractivity (Wildman–Crippen MR) is 109 cm³/mol. The van der Waals surface area contributed by atoms with Gasteiger partial charge in [0.05, 0.1) is 5.52 Å². The predicted octanol–water partition coefficient (Wildman–Crippen LogP) is 4.80. The van der Waals surface area contributed by atoms with Crippen LogP contribution in [0, 0.1) is 13.8 Å². The van der Waals surface area contributed by atoms with Crippen molar-refractivity contribution >= 4 is 21.9 Å². The minimum Gasteiger partial charge on any atom is -0.346 e. The first-order chi connectivity index (χ1) is 13.1. The van der Waals surface area contributed by atoms with E-state index < -0.39 is 0 Å². The van der Waals surface area contributed by atoms with Gasteiger partial charge in [-0.3, -0.25) is 9.67 Å². The van der Waals surface area contributed by atoms with Crippen molar-refractivity contribution in [3.05, 3.63) is 66.4 Å². The van der Waals surface area contributed by atoms with Crippen molar-refractivity contribution in [1.29, 1.82) is 0 Å². The summed E-state index contributed by atoms with van der Waals surface area (Å²) in [7, 11) is 1.94. The maximum atomic E-state index is 4.65. The highest BCUT2D eigenvalue weighted by molar-refractivity contribution is 5.98. The smallest absolute Gasteiger partial charge is 0.137 e. The molecule has 0 radical (unpaired) electrons. The van der Waals surface area contributed by atoms with Crippen LogP contribution >= 0.6 is 0 Å². The number of H-pyrrole nitrogens is 1. The minimum atomic E-state index is 0.888. The van der Waals surface area contributed by atoms with Crippen LogP contribution in [0.5, 0.6) is 0 Å². The molecule has 0 aliphatic heterocycles. The number of fused-ring (bicyclic) bond motifs is 2. The van der Waals surface area contributed by atoms with Crippen LogP contribution in [0.25, 0.3) is 44.2 Å². The first kappa shape index (κ1) is 15.8. The number of benzene rings is 1. The summed E-state index contributed by atoms with van der Waals surface area (Å²) < 4.78 is 1.84. The van der Waals surface area contributed by atoms with Gasteiger partial charge in [0.15, 0.2) is 0 Å². The van der Waals surface area contributed by atoms with Gasteiger partial charge in [-0.2, -0.15) is 5.10 Å². The number of rotatable bonds is 2. The maximum Gasteiger partial charge on any atom is 0.137 e. The highest BCUT2D eigenvalue weighted by Crippen LogP contribution is 2.33. The van der Waals surface area contributed by atoms with Crippen LogP contribution in [0.2, 0.25) is 0 Å². The molecule has 1 aromatic carbocycles. The maximum absolute atomic E-state index is 4.65. The molecular weight excluding hydrogens is 334 g/mol. The number of nitrogens with one attached hydrogen (secondary N) is 1. The molecule has 132 valence electrons. The van der Waals surface area contributed by atoms with Crippen LogP contribution in [0.4, 0.5) is 0 Å². The van der Waals surface area contributed by atoms with Gasteiger partial charge in [0, 0.05) is 65.0 Å². The molecule has 27 heavy (non-hydrogen) atoms. The largest absolute Gasteiger partial charge is 0.346 e.